The lowest BCUT2D eigenvalue weighted by Crippen LogP contribution is -2.33. The van der Waals surface area contributed by atoms with Crippen LogP contribution in [0.5, 0.6) is 0 Å². The minimum absolute atomic E-state index is 0.211. The quantitative estimate of drug-likeness (QED) is 0.446. The van der Waals surface area contributed by atoms with Crippen LogP contribution < -0.4 is 16.2 Å². The molecule has 0 bridgehead atoms. The zero-order valence-electron chi connectivity index (χ0n) is 21.0. The van der Waals surface area contributed by atoms with Gasteiger partial charge in [-0.1, -0.05) is 26.8 Å². The van der Waals surface area contributed by atoms with E-state index in [1.165, 1.54) is 30.0 Å². The number of rotatable bonds is 4. The van der Waals surface area contributed by atoms with Crippen molar-refractivity contribution in [3.05, 3.63) is 69.5 Å². The maximum atomic E-state index is 14.6. The number of benzene rings is 1. The molecule has 1 saturated carbocycles. The first-order chi connectivity index (χ1) is 17.2. The van der Waals surface area contributed by atoms with Gasteiger partial charge in [-0.25, -0.2) is 23.7 Å². The van der Waals surface area contributed by atoms with Gasteiger partial charge >= 0.3 is 0 Å². The number of halogens is 1. The zero-order chi connectivity index (χ0) is 25.2. The molecule has 2 aliphatic rings. The van der Waals surface area contributed by atoms with Gasteiger partial charge in [-0.3, -0.25) is 4.79 Å². The standard InChI is InChI=1S/C27H30FN7O/c1-5-34-24(36)18-14-30-25(31-17-6-7-19-16(12-17)13-29-15-27(19)10-11-27)33-23(18)35(34)21-9-8-20(28)22(32-21)26(2,3)4/h6-9,12,14,29H,5,10-11,13,15H2,1-4H3,(H,30,31,33). The summed E-state index contributed by atoms with van der Waals surface area (Å²) in [6.07, 6.45) is 4.02. The Bertz CT molecular complexity index is 1560. The molecule has 1 aliphatic heterocycles. The van der Waals surface area contributed by atoms with Crippen molar-refractivity contribution >= 4 is 22.7 Å². The van der Waals surface area contributed by atoms with Crippen molar-refractivity contribution in [1.82, 2.24) is 29.6 Å². The fourth-order valence-corrected chi connectivity index (χ4v) is 5.28. The highest BCUT2D eigenvalue weighted by Gasteiger charge is 2.46. The third kappa shape index (κ3) is 3.61. The van der Waals surface area contributed by atoms with Gasteiger partial charge in [0.15, 0.2) is 11.5 Å². The molecule has 4 aromatic rings. The zero-order valence-corrected chi connectivity index (χ0v) is 21.0. The largest absolute Gasteiger partial charge is 0.324 e. The van der Waals surface area contributed by atoms with E-state index in [0.717, 1.165) is 18.8 Å². The average molecular weight is 488 g/mol. The normalized spacial score (nSPS) is 16.4. The van der Waals surface area contributed by atoms with Crippen LogP contribution >= 0.6 is 0 Å². The Hall–Kier alpha value is -3.59. The highest BCUT2D eigenvalue weighted by Crippen LogP contribution is 2.50. The Morgan fingerprint density at radius 2 is 1.97 bits per heavy atom. The molecular weight excluding hydrogens is 457 g/mol. The van der Waals surface area contributed by atoms with Crippen LogP contribution in [0.3, 0.4) is 0 Å². The molecule has 1 aliphatic carbocycles. The summed E-state index contributed by atoms with van der Waals surface area (Å²) in [7, 11) is 0. The number of anilines is 2. The van der Waals surface area contributed by atoms with Gasteiger partial charge in [-0.15, -0.1) is 0 Å². The van der Waals surface area contributed by atoms with Gasteiger partial charge in [-0.2, -0.15) is 4.98 Å². The summed E-state index contributed by atoms with van der Waals surface area (Å²) < 4.78 is 17.8. The van der Waals surface area contributed by atoms with Crippen LogP contribution in [0.2, 0.25) is 0 Å². The summed E-state index contributed by atoms with van der Waals surface area (Å²) in [5.41, 5.74) is 3.99. The molecule has 0 saturated heterocycles. The van der Waals surface area contributed by atoms with E-state index < -0.39 is 5.41 Å². The molecule has 1 aromatic carbocycles. The molecule has 36 heavy (non-hydrogen) atoms. The van der Waals surface area contributed by atoms with E-state index in [9.17, 15) is 9.18 Å². The lowest BCUT2D eigenvalue weighted by Gasteiger charge is -2.26. The number of nitrogens with one attached hydrogen (secondary N) is 2. The molecule has 1 fully saturated rings. The highest BCUT2D eigenvalue weighted by atomic mass is 19.1. The van der Waals surface area contributed by atoms with E-state index in [-0.39, 0.29) is 11.4 Å². The predicted octanol–water partition coefficient (Wildman–Crippen LogP) is 4.31. The summed E-state index contributed by atoms with van der Waals surface area (Å²) in [4.78, 5) is 26.9. The van der Waals surface area contributed by atoms with Gasteiger partial charge < -0.3 is 10.6 Å². The van der Waals surface area contributed by atoms with E-state index in [2.05, 4.69) is 38.8 Å². The Labute approximate surface area is 208 Å². The number of hydrogen-bond acceptors (Lipinski definition) is 6. The maximum Gasteiger partial charge on any atom is 0.278 e. The molecule has 8 nitrogen and oxygen atoms in total. The van der Waals surface area contributed by atoms with Gasteiger partial charge in [-0.05, 0) is 55.2 Å². The van der Waals surface area contributed by atoms with E-state index in [1.54, 1.807) is 21.6 Å². The number of hydrogen-bond donors (Lipinski definition) is 2. The smallest absolute Gasteiger partial charge is 0.278 e. The van der Waals surface area contributed by atoms with E-state index >= 15 is 0 Å². The SMILES string of the molecule is CCn1c(=O)c2cnc(Nc3ccc4c(c3)CNCC43CC3)nc2n1-c1ccc(F)c(C(C)(C)C)n1. The molecule has 0 amide bonds. The Balaban J connectivity index is 1.43. The number of pyridine rings is 1. The molecule has 9 heteroatoms. The molecule has 4 heterocycles. The predicted molar refractivity (Wildman–Crippen MR) is 138 cm³/mol. The Morgan fingerprint density at radius 1 is 1.17 bits per heavy atom. The van der Waals surface area contributed by atoms with E-state index in [0.29, 0.717) is 40.5 Å². The Morgan fingerprint density at radius 3 is 2.69 bits per heavy atom. The minimum atomic E-state index is -0.498. The number of nitrogens with zero attached hydrogens (tertiary/aromatic N) is 5. The minimum Gasteiger partial charge on any atom is -0.324 e. The fourth-order valence-electron chi connectivity index (χ4n) is 5.28. The van der Waals surface area contributed by atoms with E-state index in [1.807, 2.05) is 27.7 Å². The molecule has 0 atom stereocenters. The molecule has 3 aromatic heterocycles. The Kier molecular flexibility index (Phi) is 5.05. The number of fused-ring (bicyclic) bond motifs is 3. The third-order valence-electron chi connectivity index (χ3n) is 7.30. The van der Waals surface area contributed by atoms with Crippen molar-refractivity contribution in [2.24, 2.45) is 0 Å². The molecule has 0 unspecified atom stereocenters. The second-order valence-corrected chi connectivity index (χ2v) is 10.9. The molecule has 1 spiro atoms. The molecular formula is C27H30FN7O. The molecule has 6 rings (SSSR count). The van der Waals surface area contributed by atoms with Crippen molar-refractivity contribution in [2.45, 2.75) is 64.5 Å². The first-order valence-electron chi connectivity index (χ1n) is 12.5. The fraction of sp³-hybridized carbons (Fsp3) is 0.407. The van der Waals surface area contributed by atoms with Crippen LogP contribution in [0.1, 0.15) is 57.4 Å². The summed E-state index contributed by atoms with van der Waals surface area (Å²) in [5.74, 6) is 0.446. The first kappa shape index (κ1) is 22.8. The van der Waals surface area contributed by atoms with Crippen LogP contribution in [0.4, 0.5) is 16.0 Å². The summed E-state index contributed by atoms with van der Waals surface area (Å²) in [6, 6.07) is 9.40. The topological polar surface area (TPSA) is 89.7 Å². The van der Waals surface area contributed by atoms with Crippen LogP contribution in [-0.4, -0.2) is 30.9 Å². The van der Waals surface area contributed by atoms with Crippen molar-refractivity contribution in [3.8, 4) is 5.82 Å². The van der Waals surface area contributed by atoms with Crippen molar-refractivity contribution in [2.75, 3.05) is 11.9 Å². The monoisotopic (exact) mass is 487 g/mol. The summed E-state index contributed by atoms with van der Waals surface area (Å²) in [6.45, 7) is 9.90. The summed E-state index contributed by atoms with van der Waals surface area (Å²) >= 11 is 0. The van der Waals surface area contributed by atoms with Crippen molar-refractivity contribution < 1.29 is 4.39 Å². The second-order valence-electron chi connectivity index (χ2n) is 10.9. The van der Waals surface area contributed by atoms with Gasteiger partial charge in [0, 0.05) is 42.3 Å². The second kappa shape index (κ2) is 7.96. The third-order valence-corrected chi connectivity index (χ3v) is 7.30. The average Bonchev–Trinajstić information content (AvgIpc) is 3.55. The lowest BCUT2D eigenvalue weighted by atomic mass is 9.88. The molecule has 186 valence electrons. The van der Waals surface area contributed by atoms with Crippen LogP contribution in [0.25, 0.3) is 16.9 Å². The van der Waals surface area contributed by atoms with Crippen molar-refractivity contribution in [1.29, 1.82) is 0 Å². The maximum absolute atomic E-state index is 14.6. The lowest BCUT2D eigenvalue weighted by molar-refractivity contribution is 0.495. The molecule has 2 N–H and O–H groups in total. The molecule has 0 radical (unpaired) electrons. The van der Waals surface area contributed by atoms with E-state index in [4.69, 9.17) is 4.98 Å². The highest BCUT2D eigenvalue weighted by molar-refractivity contribution is 5.77. The van der Waals surface area contributed by atoms with Crippen LogP contribution in [-0.2, 0) is 23.9 Å². The van der Waals surface area contributed by atoms with Crippen molar-refractivity contribution in [3.63, 3.8) is 0 Å². The van der Waals surface area contributed by atoms with Gasteiger partial charge in [0.05, 0.1) is 5.69 Å². The first-order valence-corrected chi connectivity index (χ1v) is 12.5. The van der Waals surface area contributed by atoms with Gasteiger partial charge in [0.1, 0.15) is 11.2 Å². The van der Waals surface area contributed by atoms with Gasteiger partial charge in [0.2, 0.25) is 5.95 Å². The van der Waals surface area contributed by atoms with Gasteiger partial charge in [0.25, 0.3) is 5.56 Å². The summed E-state index contributed by atoms with van der Waals surface area (Å²) in [5, 5.41) is 7.23. The van der Waals surface area contributed by atoms with Crippen LogP contribution in [0.15, 0.2) is 41.3 Å². The number of aromatic nitrogens is 5. The van der Waals surface area contributed by atoms with Crippen LogP contribution in [0, 0.1) is 5.82 Å².